The number of hydrogen-bond donors (Lipinski definition) is 1. The molecule has 0 aliphatic carbocycles. The van der Waals surface area contributed by atoms with Crippen molar-refractivity contribution in [3.8, 4) is 17.2 Å². The maximum Gasteiger partial charge on any atom is 0.231 e. The Morgan fingerprint density at radius 1 is 1.10 bits per heavy atom. The molecule has 0 aromatic heterocycles. The normalized spacial score (nSPS) is 12.5. The van der Waals surface area contributed by atoms with Gasteiger partial charge in [-0.2, -0.15) is 0 Å². The van der Waals surface area contributed by atoms with E-state index in [4.69, 9.17) is 25.8 Å². The molecule has 0 radical (unpaired) electrons. The van der Waals surface area contributed by atoms with Crippen molar-refractivity contribution in [3.05, 3.63) is 52.5 Å². The summed E-state index contributed by atoms with van der Waals surface area (Å²) >= 11 is 6.08. The van der Waals surface area contributed by atoms with Crippen LogP contribution < -0.4 is 14.2 Å². The molecule has 0 fully saturated rings. The van der Waals surface area contributed by atoms with Crippen LogP contribution in [0.25, 0.3) is 0 Å². The van der Waals surface area contributed by atoms with Crippen molar-refractivity contribution in [1.82, 2.24) is 0 Å². The average molecular weight is 293 g/mol. The third-order valence-corrected chi connectivity index (χ3v) is 3.44. The van der Waals surface area contributed by atoms with Crippen LogP contribution in [0.1, 0.15) is 11.1 Å². The molecule has 4 nitrogen and oxygen atoms in total. The third kappa shape index (κ3) is 2.53. The Kier molecular flexibility index (Phi) is 3.67. The first kappa shape index (κ1) is 13.1. The van der Waals surface area contributed by atoms with Crippen molar-refractivity contribution in [1.29, 1.82) is 0 Å². The Labute approximate surface area is 121 Å². The molecule has 0 saturated carbocycles. The van der Waals surface area contributed by atoms with Gasteiger partial charge in [0.15, 0.2) is 11.5 Å². The molecule has 104 valence electrons. The highest BCUT2D eigenvalue weighted by Crippen LogP contribution is 2.38. The number of aliphatic hydroxyl groups excluding tert-OH is 1. The van der Waals surface area contributed by atoms with Crippen LogP contribution in [0, 0.1) is 0 Å². The van der Waals surface area contributed by atoms with Gasteiger partial charge >= 0.3 is 0 Å². The van der Waals surface area contributed by atoms with Gasteiger partial charge in [0, 0.05) is 22.2 Å². The van der Waals surface area contributed by atoms with E-state index in [1.165, 1.54) is 0 Å². The molecule has 1 aliphatic heterocycles. The molecule has 1 N–H and O–H groups in total. The zero-order valence-electron chi connectivity index (χ0n) is 10.6. The molecule has 0 saturated heterocycles. The fourth-order valence-electron chi connectivity index (χ4n) is 1.99. The Balaban J connectivity index is 1.82. The molecule has 5 heteroatoms. The highest BCUT2D eigenvalue weighted by Gasteiger charge is 2.18. The molecule has 0 amide bonds. The molecule has 0 atom stereocenters. The largest absolute Gasteiger partial charge is 0.488 e. The first-order chi connectivity index (χ1) is 9.78. The van der Waals surface area contributed by atoms with E-state index in [9.17, 15) is 5.11 Å². The molecule has 2 aromatic rings. The lowest BCUT2D eigenvalue weighted by Gasteiger charge is -2.12. The van der Waals surface area contributed by atoms with E-state index in [1.54, 1.807) is 12.1 Å². The second kappa shape index (κ2) is 5.61. The highest BCUT2D eigenvalue weighted by molar-refractivity contribution is 6.31. The third-order valence-electron chi connectivity index (χ3n) is 3.07. The van der Waals surface area contributed by atoms with E-state index in [2.05, 4.69) is 0 Å². The van der Waals surface area contributed by atoms with E-state index in [0.717, 1.165) is 5.56 Å². The first-order valence-electron chi connectivity index (χ1n) is 6.17. The van der Waals surface area contributed by atoms with Crippen LogP contribution in [0.5, 0.6) is 17.2 Å². The standard InChI is InChI=1S/C15H13ClO4/c16-12-4-2-1-3-10(12)8-18-13-6-15-14(19-9-20-15)5-11(13)7-17/h1-6,17H,7-9H2. The molecular formula is C15H13ClO4. The lowest BCUT2D eigenvalue weighted by Crippen LogP contribution is -1.99. The number of rotatable bonds is 4. The molecule has 0 unspecified atom stereocenters. The summed E-state index contributed by atoms with van der Waals surface area (Å²) in [5, 5.41) is 10.1. The fraction of sp³-hybridized carbons (Fsp3) is 0.200. The van der Waals surface area contributed by atoms with Crippen molar-refractivity contribution in [2.45, 2.75) is 13.2 Å². The summed E-state index contributed by atoms with van der Waals surface area (Å²) in [4.78, 5) is 0. The number of ether oxygens (including phenoxy) is 3. The summed E-state index contributed by atoms with van der Waals surface area (Å²) in [5.74, 6) is 1.81. The lowest BCUT2D eigenvalue weighted by atomic mass is 10.2. The van der Waals surface area contributed by atoms with E-state index in [1.807, 2.05) is 24.3 Å². The van der Waals surface area contributed by atoms with Gasteiger partial charge in [-0.3, -0.25) is 0 Å². The van der Waals surface area contributed by atoms with Gasteiger partial charge < -0.3 is 19.3 Å². The van der Waals surface area contributed by atoms with Gasteiger partial charge in [0.05, 0.1) is 6.61 Å². The molecule has 0 spiro atoms. The van der Waals surface area contributed by atoms with Crippen LogP contribution in [0.3, 0.4) is 0 Å². The molecule has 0 bridgehead atoms. The summed E-state index contributed by atoms with van der Waals surface area (Å²) in [5.41, 5.74) is 1.54. The smallest absolute Gasteiger partial charge is 0.231 e. The minimum Gasteiger partial charge on any atom is -0.488 e. The highest BCUT2D eigenvalue weighted by atomic mass is 35.5. The number of halogens is 1. The average Bonchev–Trinajstić information content (AvgIpc) is 2.92. The maximum absolute atomic E-state index is 9.40. The van der Waals surface area contributed by atoms with Crippen LogP contribution in [0.2, 0.25) is 5.02 Å². The van der Waals surface area contributed by atoms with Crippen LogP contribution in [-0.2, 0) is 13.2 Å². The molecule has 1 aliphatic rings. The van der Waals surface area contributed by atoms with Crippen LogP contribution in [0.15, 0.2) is 36.4 Å². The summed E-state index contributed by atoms with van der Waals surface area (Å²) < 4.78 is 16.3. The monoisotopic (exact) mass is 292 g/mol. The van der Waals surface area contributed by atoms with Crippen LogP contribution >= 0.6 is 11.6 Å². The zero-order chi connectivity index (χ0) is 13.9. The topological polar surface area (TPSA) is 47.9 Å². The quantitative estimate of drug-likeness (QED) is 0.940. The van der Waals surface area contributed by atoms with E-state index in [-0.39, 0.29) is 13.4 Å². The number of hydrogen-bond acceptors (Lipinski definition) is 4. The minimum atomic E-state index is -0.130. The van der Waals surface area contributed by atoms with Gasteiger partial charge in [-0.25, -0.2) is 0 Å². The Hall–Kier alpha value is -1.91. The molecule has 20 heavy (non-hydrogen) atoms. The van der Waals surface area contributed by atoms with Crippen molar-refractivity contribution in [3.63, 3.8) is 0 Å². The predicted molar refractivity (Wildman–Crippen MR) is 74.3 cm³/mol. The predicted octanol–water partition coefficient (Wildman–Crippen LogP) is 3.14. The van der Waals surface area contributed by atoms with E-state index in [0.29, 0.717) is 34.4 Å². The summed E-state index contributed by atoms with van der Waals surface area (Å²) in [6.07, 6.45) is 0. The molecule has 3 rings (SSSR count). The van der Waals surface area contributed by atoms with Crippen LogP contribution in [0.4, 0.5) is 0 Å². The Bertz CT molecular complexity index is 627. The Morgan fingerprint density at radius 2 is 1.85 bits per heavy atom. The summed E-state index contributed by atoms with van der Waals surface area (Å²) in [7, 11) is 0. The number of aliphatic hydroxyl groups is 1. The lowest BCUT2D eigenvalue weighted by molar-refractivity contribution is 0.173. The fourth-order valence-corrected chi connectivity index (χ4v) is 2.18. The van der Waals surface area contributed by atoms with Crippen molar-refractivity contribution >= 4 is 11.6 Å². The van der Waals surface area contributed by atoms with Crippen LogP contribution in [-0.4, -0.2) is 11.9 Å². The molecule has 1 heterocycles. The molecule has 2 aromatic carbocycles. The first-order valence-corrected chi connectivity index (χ1v) is 6.55. The zero-order valence-corrected chi connectivity index (χ0v) is 11.4. The second-order valence-corrected chi connectivity index (χ2v) is 4.76. The minimum absolute atomic E-state index is 0.130. The van der Waals surface area contributed by atoms with E-state index < -0.39 is 0 Å². The maximum atomic E-state index is 9.40. The van der Waals surface area contributed by atoms with Crippen molar-refractivity contribution in [2.75, 3.05) is 6.79 Å². The summed E-state index contributed by atoms with van der Waals surface area (Å²) in [6.45, 7) is 0.384. The second-order valence-electron chi connectivity index (χ2n) is 4.35. The van der Waals surface area contributed by atoms with Gasteiger partial charge in [0.25, 0.3) is 0 Å². The Morgan fingerprint density at radius 3 is 2.60 bits per heavy atom. The van der Waals surface area contributed by atoms with E-state index >= 15 is 0 Å². The van der Waals surface area contributed by atoms with Crippen molar-refractivity contribution in [2.24, 2.45) is 0 Å². The van der Waals surface area contributed by atoms with Gasteiger partial charge in [-0.15, -0.1) is 0 Å². The number of fused-ring (bicyclic) bond motifs is 1. The molecular weight excluding hydrogens is 280 g/mol. The SMILES string of the molecule is OCc1cc2c(cc1OCc1ccccc1Cl)OCO2. The van der Waals surface area contributed by atoms with Crippen molar-refractivity contribution < 1.29 is 19.3 Å². The summed E-state index contributed by atoms with van der Waals surface area (Å²) in [6, 6.07) is 10.9. The van der Waals surface area contributed by atoms with Gasteiger partial charge in [-0.1, -0.05) is 29.8 Å². The van der Waals surface area contributed by atoms with Gasteiger partial charge in [0.2, 0.25) is 6.79 Å². The van der Waals surface area contributed by atoms with Gasteiger partial charge in [0.1, 0.15) is 12.4 Å². The van der Waals surface area contributed by atoms with Gasteiger partial charge in [-0.05, 0) is 12.1 Å². The number of benzene rings is 2.